The molecule has 6 nitrogen and oxygen atoms in total. The number of rotatable bonds is 2. The van der Waals surface area contributed by atoms with Gasteiger partial charge in [0.2, 0.25) is 0 Å². The number of hydrogen-bond acceptors (Lipinski definition) is 5. The fraction of sp³-hybridized carbons (Fsp3) is 0.0833. The van der Waals surface area contributed by atoms with Crippen molar-refractivity contribution < 1.29 is 5.11 Å². The second kappa shape index (κ2) is 3.99. The number of nitrogens with zero attached hydrogens (tertiary/aromatic N) is 4. The molecule has 2 heterocycles. The van der Waals surface area contributed by atoms with Crippen molar-refractivity contribution in [1.82, 2.24) is 19.5 Å². The Hall–Kier alpha value is -2.63. The van der Waals surface area contributed by atoms with Crippen molar-refractivity contribution in [2.45, 2.75) is 6.54 Å². The van der Waals surface area contributed by atoms with Crippen molar-refractivity contribution >= 4 is 17.0 Å². The number of nitrogen functional groups attached to an aromatic ring is 1. The summed E-state index contributed by atoms with van der Waals surface area (Å²) in [5.41, 5.74) is 7.97. The number of phenols is 1. The van der Waals surface area contributed by atoms with Gasteiger partial charge in [0.25, 0.3) is 0 Å². The van der Waals surface area contributed by atoms with Crippen molar-refractivity contribution in [3.05, 3.63) is 42.5 Å². The van der Waals surface area contributed by atoms with E-state index < -0.39 is 0 Å². The van der Waals surface area contributed by atoms with Crippen LogP contribution < -0.4 is 5.73 Å². The zero-order valence-electron chi connectivity index (χ0n) is 9.48. The van der Waals surface area contributed by atoms with Gasteiger partial charge in [-0.1, -0.05) is 12.1 Å². The molecule has 0 aliphatic carbocycles. The van der Waals surface area contributed by atoms with Crippen LogP contribution in [0.4, 0.5) is 5.82 Å². The van der Waals surface area contributed by atoms with E-state index in [0.717, 1.165) is 5.56 Å². The van der Waals surface area contributed by atoms with Crippen LogP contribution in [0.15, 0.2) is 36.9 Å². The highest BCUT2D eigenvalue weighted by atomic mass is 16.3. The minimum absolute atomic E-state index is 0.242. The van der Waals surface area contributed by atoms with Gasteiger partial charge in [-0.15, -0.1) is 0 Å². The number of benzene rings is 1. The molecule has 2 aromatic heterocycles. The van der Waals surface area contributed by atoms with Crippen LogP contribution in [0, 0.1) is 0 Å². The van der Waals surface area contributed by atoms with Gasteiger partial charge in [0.15, 0.2) is 11.5 Å². The third-order valence-corrected chi connectivity index (χ3v) is 2.69. The van der Waals surface area contributed by atoms with Crippen molar-refractivity contribution in [3.8, 4) is 5.75 Å². The minimum Gasteiger partial charge on any atom is -0.508 e. The maximum atomic E-state index is 9.43. The molecule has 0 saturated carbocycles. The van der Waals surface area contributed by atoms with Crippen LogP contribution >= 0.6 is 0 Å². The van der Waals surface area contributed by atoms with Crippen molar-refractivity contribution in [2.24, 2.45) is 0 Å². The summed E-state index contributed by atoms with van der Waals surface area (Å²) in [6.07, 6.45) is 3.08. The Morgan fingerprint density at radius 3 is 2.94 bits per heavy atom. The lowest BCUT2D eigenvalue weighted by atomic mass is 10.2. The fourth-order valence-electron chi connectivity index (χ4n) is 1.87. The summed E-state index contributed by atoms with van der Waals surface area (Å²) in [4.78, 5) is 12.2. The molecule has 0 amide bonds. The lowest BCUT2D eigenvalue weighted by molar-refractivity contribution is 0.474. The Morgan fingerprint density at radius 2 is 2.11 bits per heavy atom. The molecule has 0 saturated heterocycles. The van der Waals surface area contributed by atoms with Gasteiger partial charge in [-0.2, -0.15) is 0 Å². The molecule has 3 rings (SSSR count). The molecule has 0 bridgehead atoms. The molecular weight excluding hydrogens is 230 g/mol. The SMILES string of the molecule is Nc1ncnc2c1ncn2Cc1cccc(O)c1. The molecule has 18 heavy (non-hydrogen) atoms. The summed E-state index contributed by atoms with van der Waals surface area (Å²) < 4.78 is 1.86. The van der Waals surface area contributed by atoms with E-state index in [0.29, 0.717) is 23.5 Å². The lowest BCUT2D eigenvalue weighted by Crippen LogP contribution is -2.00. The first-order valence-electron chi connectivity index (χ1n) is 5.43. The molecule has 3 aromatic rings. The summed E-state index contributed by atoms with van der Waals surface area (Å²) in [6, 6.07) is 7.06. The molecule has 0 fully saturated rings. The van der Waals surface area contributed by atoms with Crippen LogP contribution in [0.5, 0.6) is 5.75 Å². The van der Waals surface area contributed by atoms with Crippen LogP contribution in [-0.2, 0) is 6.54 Å². The Balaban J connectivity index is 2.03. The average molecular weight is 241 g/mol. The Kier molecular flexibility index (Phi) is 2.33. The largest absolute Gasteiger partial charge is 0.508 e. The predicted molar refractivity (Wildman–Crippen MR) is 66.9 cm³/mol. The van der Waals surface area contributed by atoms with E-state index in [1.54, 1.807) is 24.5 Å². The first-order valence-corrected chi connectivity index (χ1v) is 5.43. The topological polar surface area (TPSA) is 89.9 Å². The number of phenolic OH excluding ortho intramolecular Hbond substituents is 1. The number of fused-ring (bicyclic) bond motifs is 1. The van der Waals surface area contributed by atoms with Gasteiger partial charge in [0.1, 0.15) is 17.6 Å². The number of aromatic nitrogens is 4. The fourth-order valence-corrected chi connectivity index (χ4v) is 1.87. The van der Waals surface area contributed by atoms with Gasteiger partial charge in [0, 0.05) is 0 Å². The zero-order valence-corrected chi connectivity index (χ0v) is 9.48. The van der Waals surface area contributed by atoms with Crippen molar-refractivity contribution in [2.75, 3.05) is 5.73 Å². The molecule has 0 aliphatic heterocycles. The highest BCUT2D eigenvalue weighted by Crippen LogP contribution is 2.17. The Bertz CT molecular complexity index is 707. The normalized spacial score (nSPS) is 10.9. The van der Waals surface area contributed by atoms with E-state index in [1.807, 2.05) is 10.6 Å². The van der Waals surface area contributed by atoms with Gasteiger partial charge in [-0.05, 0) is 17.7 Å². The van der Waals surface area contributed by atoms with Gasteiger partial charge < -0.3 is 15.4 Å². The summed E-state index contributed by atoms with van der Waals surface area (Å²) in [5, 5.41) is 9.43. The van der Waals surface area contributed by atoms with Crippen LogP contribution in [0.3, 0.4) is 0 Å². The predicted octanol–water partition coefficient (Wildman–Crippen LogP) is 1.16. The Labute approximate surface area is 103 Å². The van der Waals surface area contributed by atoms with E-state index in [2.05, 4.69) is 15.0 Å². The molecule has 0 atom stereocenters. The van der Waals surface area contributed by atoms with Gasteiger partial charge in [-0.3, -0.25) is 0 Å². The second-order valence-corrected chi connectivity index (χ2v) is 3.97. The van der Waals surface area contributed by atoms with E-state index in [4.69, 9.17) is 5.73 Å². The first kappa shape index (κ1) is 10.5. The summed E-state index contributed by atoms with van der Waals surface area (Å²) in [6.45, 7) is 0.571. The van der Waals surface area contributed by atoms with Crippen LogP contribution in [0.25, 0.3) is 11.2 Å². The molecule has 0 spiro atoms. The maximum absolute atomic E-state index is 9.43. The smallest absolute Gasteiger partial charge is 0.165 e. The quantitative estimate of drug-likeness (QED) is 0.702. The summed E-state index contributed by atoms with van der Waals surface area (Å²) >= 11 is 0. The van der Waals surface area contributed by atoms with Crippen LogP contribution in [0.1, 0.15) is 5.56 Å². The molecule has 90 valence electrons. The second-order valence-electron chi connectivity index (χ2n) is 3.97. The van der Waals surface area contributed by atoms with Gasteiger partial charge in [0.05, 0.1) is 12.9 Å². The van der Waals surface area contributed by atoms with E-state index in [9.17, 15) is 5.11 Å². The molecule has 1 aromatic carbocycles. The lowest BCUT2D eigenvalue weighted by Gasteiger charge is -2.04. The molecular formula is C12H11N5O. The maximum Gasteiger partial charge on any atom is 0.165 e. The van der Waals surface area contributed by atoms with E-state index >= 15 is 0 Å². The van der Waals surface area contributed by atoms with E-state index in [1.165, 1.54) is 6.33 Å². The summed E-state index contributed by atoms with van der Waals surface area (Å²) in [7, 11) is 0. The highest BCUT2D eigenvalue weighted by Gasteiger charge is 2.07. The standard InChI is InChI=1S/C12H11N5O/c13-11-10-12(15-6-14-11)17(7-16-10)5-8-2-1-3-9(18)4-8/h1-4,6-7,18H,5H2,(H2,13,14,15). The average Bonchev–Trinajstić information content (AvgIpc) is 2.74. The van der Waals surface area contributed by atoms with Gasteiger partial charge >= 0.3 is 0 Å². The van der Waals surface area contributed by atoms with Crippen molar-refractivity contribution in [1.29, 1.82) is 0 Å². The zero-order chi connectivity index (χ0) is 12.5. The van der Waals surface area contributed by atoms with Crippen molar-refractivity contribution in [3.63, 3.8) is 0 Å². The number of imidazole rings is 1. The first-order chi connectivity index (χ1) is 8.74. The third-order valence-electron chi connectivity index (χ3n) is 2.69. The highest BCUT2D eigenvalue weighted by molar-refractivity contribution is 5.81. The van der Waals surface area contributed by atoms with E-state index in [-0.39, 0.29) is 5.75 Å². The summed E-state index contributed by atoms with van der Waals surface area (Å²) in [5.74, 6) is 0.612. The number of nitrogens with two attached hydrogens (primary N) is 1. The van der Waals surface area contributed by atoms with Crippen LogP contribution in [0.2, 0.25) is 0 Å². The number of aromatic hydroxyl groups is 1. The molecule has 0 unspecified atom stereocenters. The third kappa shape index (κ3) is 1.73. The Morgan fingerprint density at radius 1 is 1.22 bits per heavy atom. The van der Waals surface area contributed by atoms with Gasteiger partial charge in [-0.25, -0.2) is 15.0 Å². The molecule has 0 radical (unpaired) electrons. The molecule has 6 heteroatoms. The molecule has 3 N–H and O–H groups in total. The number of hydrogen-bond donors (Lipinski definition) is 2. The monoisotopic (exact) mass is 241 g/mol. The molecule has 0 aliphatic rings. The number of anilines is 1. The van der Waals surface area contributed by atoms with Crippen LogP contribution in [-0.4, -0.2) is 24.6 Å². The minimum atomic E-state index is 0.242.